The first-order valence-electron chi connectivity index (χ1n) is 4.37. The van der Waals surface area contributed by atoms with Gasteiger partial charge in [0, 0.05) is 12.6 Å². The average Bonchev–Trinajstić information content (AvgIpc) is 2.17. The predicted octanol–water partition coefficient (Wildman–Crippen LogP) is 2.40. The van der Waals surface area contributed by atoms with Gasteiger partial charge < -0.3 is 4.74 Å². The first kappa shape index (κ1) is 11.3. The molecule has 0 bridgehead atoms. The van der Waals surface area contributed by atoms with Crippen molar-refractivity contribution in [2.45, 2.75) is 20.3 Å². The van der Waals surface area contributed by atoms with Crippen molar-refractivity contribution in [3.63, 3.8) is 0 Å². The van der Waals surface area contributed by atoms with Crippen LogP contribution >= 0.6 is 23.8 Å². The van der Waals surface area contributed by atoms with E-state index in [0.717, 1.165) is 6.42 Å². The summed E-state index contributed by atoms with van der Waals surface area (Å²) in [6.07, 6.45) is 2.35. The number of rotatable bonds is 3. The second-order valence-corrected chi connectivity index (χ2v) is 3.29. The van der Waals surface area contributed by atoms with E-state index < -0.39 is 0 Å². The molecule has 0 aromatic carbocycles. The minimum atomic E-state index is 0.347. The molecule has 0 spiro atoms. The van der Waals surface area contributed by atoms with E-state index in [1.165, 1.54) is 0 Å². The summed E-state index contributed by atoms with van der Waals surface area (Å²) in [5, 5.41) is 0.704. The molecule has 5 heteroatoms. The van der Waals surface area contributed by atoms with E-state index in [-0.39, 0.29) is 0 Å². The van der Waals surface area contributed by atoms with Gasteiger partial charge in [0.25, 0.3) is 0 Å². The lowest BCUT2D eigenvalue weighted by atomic mass is 10.3. The van der Waals surface area contributed by atoms with Crippen molar-refractivity contribution in [2.75, 3.05) is 6.61 Å². The smallest absolute Gasteiger partial charge is 0.195 e. The SMILES string of the molecule is CCOC(=S)c1cnc(CC)nc1Cl. The zero-order valence-electron chi connectivity index (χ0n) is 8.08. The predicted molar refractivity (Wildman–Crippen MR) is 59.7 cm³/mol. The highest BCUT2D eigenvalue weighted by atomic mass is 35.5. The first-order valence-corrected chi connectivity index (χ1v) is 5.16. The molecule has 14 heavy (non-hydrogen) atoms. The molecule has 0 saturated heterocycles. The normalized spacial score (nSPS) is 9.93. The van der Waals surface area contributed by atoms with Gasteiger partial charge in [-0.3, -0.25) is 0 Å². The van der Waals surface area contributed by atoms with E-state index in [9.17, 15) is 0 Å². The molecule has 1 aromatic heterocycles. The highest BCUT2D eigenvalue weighted by Crippen LogP contribution is 2.14. The third kappa shape index (κ3) is 2.62. The van der Waals surface area contributed by atoms with Crippen LogP contribution < -0.4 is 0 Å². The van der Waals surface area contributed by atoms with Crippen LogP contribution in [0.4, 0.5) is 0 Å². The van der Waals surface area contributed by atoms with Crippen LogP contribution in [-0.2, 0) is 11.2 Å². The maximum absolute atomic E-state index is 5.92. The van der Waals surface area contributed by atoms with Crippen LogP contribution in [0.5, 0.6) is 0 Å². The van der Waals surface area contributed by atoms with Crippen LogP contribution in [0.2, 0.25) is 5.15 Å². The molecule has 0 fully saturated rings. The molecular formula is C9H11ClN2OS. The molecule has 1 rings (SSSR count). The van der Waals surface area contributed by atoms with Crippen LogP contribution in [0.3, 0.4) is 0 Å². The highest BCUT2D eigenvalue weighted by Gasteiger charge is 2.09. The van der Waals surface area contributed by atoms with Crippen molar-refractivity contribution in [3.05, 3.63) is 22.7 Å². The van der Waals surface area contributed by atoms with Gasteiger partial charge in [-0.1, -0.05) is 18.5 Å². The lowest BCUT2D eigenvalue weighted by Crippen LogP contribution is -2.07. The maximum atomic E-state index is 5.92. The molecule has 0 N–H and O–H groups in total. The van der Waals surface area contributed by atoms with Crippen molar-refractivity contribution in [1.82, 2.24) is 9.97 Å². The minimum absolute atomic E-state index is 0.347. The molecule has 76 valence electrons. The molecular weight excluding hydrogens is 220 g/mol. The Balaban J connectivity index is 2.94. The van der Waals surface area contributed by atoms with Gasteiger partial charge in [-0.05, 0) is 19.1 Å². The third-order valence-electron chi connectivity index (χ3n) is 1.60. The third-order valence-corrected chi connectivity index (χ3v) is 2.23. The molecule has 3 nitrogen and oxygen atoms in total. The van der Waals surface area contributed by atoms with E-state index in [1.807, 2.05) is 13.8 Å². The summed E-state index contributed by atoms with van der Waals surface area (Å²) in [6, 6.07) is 0. The van der Waals surface area contributed by atoms with Crippen molar-refractivity contribution in [2.24, 2.45) is 0 Å². The zero-order chi connectivity index (χ0) is 10.6. The first-order chi connectivity index (χ1) is 6.69. The Kier molecular flexibility index (Phi) is 4.22. The molecule has 0 saturated carbocycles. The number of hydrogen-bond acceptors (Lipinski definition) is 4. The van der Waals surface area contributed by atoms with Crippen molar-refractivity contribution < 1.29 is 4.74 Å². The maximum Gasteiger partial charge on any atom is 0.195 e. The number of ether oxygens (including phenoxy) is 1. The van der Waals surface area contributed by atoms with E-state index in [1.54, 1.807) is 6.20 Å². The van der Waals surface area contributed by atoms with Gasteiger partial charge in [-0.25, -0.2) is 9.97 Å². The highest BCUT2D eigenvalue weighted by molar-refractivity contribution is 7.80. The number of aromatic nitrogens is 2. The number of halogens is 1. The van der Waals surface area contributed by atoms with E-state index in [2.05, 4.69) is 9.97 Å². The van der Waals surface area contributed by atoms with Gasteiger partial charge in [0.05, 0.1) is 12.2 Å². The van der Waals surface area contributed by atoms with Gasteiger partial charge in [0.15, 0.2) is 5.05 Å². The van der Waals surface area contributed by atoms with Gasteiger partial charge in [-0.15, -0.1) is 0 Å². The quantitative estimate of drug-likeness (QED) is 0.590. The van der Waals surface area contributed by atoms with Crippen LogP contribution in [0, 0.1) is 0 Å². The molecule has 0 unspecified atom stereocenters. The summed E-state index contributed by atoms with van der Waals surface area (Å²) in [4.78, 5) is 8.18. The zero-order valence-corrected chi connectivity index (χ0v) is 9.65. The van der Waals surface area contributed by atoms with E-state index in [4.69, 9.17) is 28.6 Å². The summed E-state index contributed by atoms with van der Waals surface area (Å²) in [7, 11) is 0. The minimum Gasteiger partial charge on any atom is -0.483 e. The summed E-state index contributed by atoms with van der Waals surface area (Å²) >= 11 is 10.9. The second-order valence-electron chi connectivity index (χ2n) is 2.56. The lowest BCUT2D eigenvalue weighted by molar-refractivity contribution is 0.337. The molecule has 0 radical (unpaired) electrons. The van der Waals surface area contributed by atoms with E-state index in [0.29, 0.717) is 28.2 Å². The lowest BCUT2D eigenvalue weighted by Gasteiger charge is -2.06. The number of hydrogen-bond donors (Lipinski definition) is 0. The fourth-order valence-electron chi connectivity index (χ4n) is 0.911. The number of aryl methyl sites for hydroxylation is 1. The molecule has 1 aromatic rings. The fourth-order valence-corrected chi connectivity index (χ4v) is 1.47. The standard InChI is InChI=1S/C9H11ClN2OS/c1-3-7-11-5-6(8(10)12-7)9(14)13-4-2/h5H,3-4H2,1-2H3. The fraction of sp³-hybridized carbons (Fsp3) is 0.444. The number of thiocarbonyl (C=S) groups is 1. The summed E-state index contributed by atoms with van der Waals surface area (Å²) in [5.41, 5.74) is 0.584. The monoisotopic (exact) mass is 230 g/mol. The Bertz CT molecular complexity index is 344. The van der Waals surface area contributed by atoms with Gasteiger partial charge in [0.2, 0.25) is 0 Å². The second kappa shape index (κ2) is 5.22. The Morgan fingerprint density at radius 2 is 2.29 bits per heavy atom. The molecule has 0 atom stereocenters. The molecule has 1 heterocycles. The molecule has 0 aliphatic rings. The summed E-state index contributed by atoms with van der Waals surface area (Å²) < 4.78 is 5.15. The summed E-state index contributed by atoms with van der Waals surface area (Å²) in [6.45, 7) is 4.35. The van der Waals surface area contributed by atoms with Gasteiger partial charge in [-0.2, -0.15) is 0 Å². The average molecular weight is 231 g/mol. The van der Waals surface area contributed by atoms with Crippen molar-refractivity contribution in [1.29, 1.82) is 0 Å². The molecule has 0 amide bonds. The van der Waals surface area contributed by atoms with Crippen molar-refractivity contribution in [3.8, 4) is 0 Å². The van der Waals surface area contributed by atoms with Gasteiger partial charge in [0.1, 0.15) is 11.0 Å². The molecule has 0 aliphatic heterocycles. The summed E-state index contributed by atoms with van der Waals surface area (Å²) in [5.74, 6) is 0.707. The largest absolute Gasteiger partial charge is 0.483 e. The van der Waals surface area contributed by atoms with Crippen LogP contribution in [0.1, 0.15) is 25.2 Å². The van der Waals surface area contributed by atoms with Crippen LogP contribution in [0.25, 0.3) is 0 Å². The topological polar surface area (TPSA) is 35.0 Å². The Labute approximate surface area is 93.5 Å². The Hall–Kier alpha value is -0.740. The Morgan fingerprint density at radius 1 is 1.57 bits per heavy atom. The van der Waals surface area contributed by atoms with E-state index >= 15 is 0 Å². The number of nitrogens with zero attached hydrogens (tertiary/aromatic N) is 2. The Morgan fingerprint density at radius 3 is 2.79 bits per heavy atom. The van der Waals surface area contributed by atoms with Crippen molar-refractivity contribution >= 4 is 28.9 Å². The van der Waals surface area contributed by atoms with Crippen LogP contribution in [-0.4, -0.2) is 21.6 Å². The van der Waals surface area contributed by atoms with Gasteiger partial charge >= 0.3 is 0 Å². The molecule has 0 aliphatic carbocycles. The van der Waals surface area contributed by atoms with Crippen LogP contribution in [0.15, 0.2) is 6.20 Å².